The van der Waals surface area contributed by atoms with Crippen molar-refractivity contribution in [3.05, 3.63) is 46.7 Å². The first-order valence-corrected chi connectivity index (χ1v) is 5.61. The van der Waals surface area contributed by atoms with Gasteiger partial charge in [-0.3, -0.25) is 5.32 Å². The van der Waals surface area contributed by atoms with E-state index in [4.69, 9.17) is 26.9 Å². The lowest BCUT2D eigenvalue weighted by Gasteiger charge is -2.02. The van der Waals surface area contributed by atoms with Gasteiger partial charge < -0.3 is 15.3 Å². The van der Waals surface area contributed by atoms with Crippen molar-refractivity contribution in [3.63, 3.8) is 0 Å². The highest BCUT2D eigenvalue weighted by molar-refractivity contribution is 6.42. The van der Waals surface area contributed by atoms with Crippen LogP contribution in [0.3, 0.4) is 0 Å². The molecule has 0 spiro atoms. The number of nitrogens with two attached hydrogens (primary N) is 1. The SMILES string of the molecule is N=C/C(O)=C(/Cl)C(=O)[NH2+]COCc1ccccc1. The second-order valence-electron chi connectivity index (χ2n) is 3.41. The van der Waals surface area contributed by atoms with Crippen LogP contribution >= 0.6 is 11.6 Å². The predicted octanol–water partition coefficient (Wildman–Crippen LogP) is 0.909. The van der Waals surface area contributed by atoms with E-state index in [0.717, 1.165) is 5.56 Å². The number of carbonyl (C=O) groups excluding carboxylic acids is 1. The lowest BCUT2D eigenvalue weighted by atomic mass is 10.2. The highest BCUT2D eigenvalue weighted by atomic mass is 35.5. The highest BCUT2D eigenvalue weighted by Crippen LogP contribution is 2.03. The number of halogens is 1. The third kappa shape index (κ3) is 4.67. The van der Waals surface area contributed by atoms with Crippen LogP contribution in [-0.2, 0) is 16.1 Å². The largest absolute Gasteiger partial charge is 0.505 e. The Morgan fingerprint density at radius 1 is 1.44 bits per heavy atom. The van der Waals surface area contributed by atoms with E-state index >= 15 is 0 Å². The standard InChI is InChI=1S/C12H13ClN2O3/c13-11(10(16)6-14)12(17)15-8-18-7-9-4-2-1-3-5-9/h1-6,14,16H,7-8H2,(H,15,17)/p+1/b11-10-,14-6?. The number of amides is 1. The molecule has 0 fully saturated rings. The predicted molar refractivity (Wildman–Crippen MR) is 67.3 cm³/mol. The van der Waals surface area contributed by atoms with Crippen LogP contribution in [0.5, 0.6) is 0 Å². The van der Waals surface area contributed by atoms with Crippen LogP contribution in [0.15, 0.2) is 41.1 Å². The molecule has 18 heavy (non-hydrogen) atoms. The molecule has 0 aliphatic heterocycles. The summed E-state index contributed by atoms with van der Waals surface area (Å²) in [7, 11) is 0. The molecule has 4 N–H and O–H groups in total. The maximum atomic E-state index is 11.4. The zero-order chi connectivity index (χ0) is 13.4. The van der Waals surface area contributed by atoms with E-state index in [0.29, 0.717) is 12.8 Å². The van der Waals surface area contributed by atoms with E-state index in [1.54, 1.807) is 0 Å². The van der Waals surface area contributed by atoms with Crippen molar-refractivity contribution in [3.8, 4) is 0 Å². The van der Waals surface area contributed by atoms with E-state index in [1.807, 2.05) is 30.3 Å². The van der Waals surface area contributed by atoms with Gasteiger partial charge in [0.15, 0.2) is 17.5 Å². The van der Waals surface area contributed by atoms with E-state index in [2.05, 4.69) is 0 Å². The minimum absolute atomic E-state index is 0.0925. The van der Waals surface area contributed by atoms with Crippen LogP contribution in [0, 0.1) is 5.41 Å². The van der Waals surface area contributed by atoms with Crippen molar-refractivity contribution in [2.45, 2.75) is 6.61 Å². The summed E-state index contributed by atoms with van der Waals surface area (Å²) in [5.41, 5.74) is 1.00. The molecular formula is C12H14ClN2O3+. The number of primary amides is 1. The number of aliphatic hydroxyl groups is 1. The Hall–Kier alpha value is -1.69. The number of benzene rings is 1. The monoisotopic (exact) mass is 269 g/mol. The molecule has 1 aromatic rings. The van der Waals surface area contributed by atoms with Gasteiger partial charge in [-0.25, -0.2) is 4.79 Å². The molecule has 0 radical (unpaired) electrons. The maximum Gasteiger partial charge on any atom is 0.359 e. The fourth-order valence-corrected chi connectivity index (χ4v) is 1.30. The number of ether oxygens (including phenoxy) is 1. The third-order valence-electron chi connectivity index (χ3n) is 2.08. The van der Waals surface area contributed by atoms with Crippen molar-refractivity contribution in [1.82, 2.24) is 0 Å². The van der Waals surface area contributed by atoms with Crippen molar-refractivity contribution in [2.75, 3.05) is 6.73 Å². The Bertz CT molecular complexity index is 446. The number of aliphatic hydroxyl groups excluding tert-OH is 1. The Kier molecular flexibility index (Phi) is 6.07. The van der Waals surface area contributed by atoms with E-state index in [-0.39, 0.29) is 11.8 Å². The second kappa shape index (κ2) is 7.60. The van der Waals surface area contributed by atoms with Gasteiger partial charge in [0.1, 0.15) is 0 Å². The number of rotatable bonds is 6. The lowest BCUT2D eigenvalue weighted by molar-refractivity contribution is -0.604. The molecule has 1 aromatic carbocycles. The number of hydrogen-bond donors (Lipinski definition) is 3. The van der Waals surface area contributed by atoms with E-state index in [1.165, 1.54) is 5.32 Å². The molecule has 0 saturated heterocycles. The van der Waals surface area contributed by atoms with Crippen LogP contribution in [0.2, 0.25) is 0 Å². The second-order valence-corrected chi connectivity index (χ2v) is 3.79. The average Bonchev–Trinajstić information content (AvgIpc) is 2.42. The molecule has 0 aromatic heterocycles. The Morgan fingerprint density at radius 3 is 2.72 bits per heavy atom. The van der Waals surface area contributed by atoms with Crippen molar-refractivity contribution >= 4 is 23.7 Å². The van der Waals surface area contributed by atoms with Crippen LogP contribution < -0.4 is 5.32 Å². The summed E-state index contributed by atoms with van der Waals surface area (Å²) < 4.78 is 5.26. The van der Waals surface area contributed by atoms with Crippen LogP contribution in [0.4, 0.5) is 0 Å². The summed E-state index contributed by atoms with van der Waals surface area (Å²) in [5, 5.41) is 16.6. The summed E-state index contributed by atoms with van der Waals surface area (Å²) >= 11 is 5.52. The molecule has 0 aliphatic rings. The first-order valence-electron chi connectivity index (χ1n) is 5.23. The minimum Gasteiger partial charge on any atom is -0.505 e. The molecule has 0 unspecified atom stereocenters. The quantitative estimate of drug-likeness (QED) is 0.236. The van der Waals surface area contributed by atoms with E-state index < -0.39 is 11.7 Å². The van der Waals surface area contributed by atoms with Crippen LogP contribution in [0.25, 0.3) is 0 Å². The number of quaternary nitrogens is 1. The molecule has 0 heterocycles. The zero-order valence-electron chi connectivity index (χ0n) is 9.60. The normalized spacial score (nSPS) is 11.8. The summed E-state index contributed by atoms with van der Waals surface area (Å²) in [6.07, 6.45) is 0.610. The smallest absolute Gasteiger partial charge is 0.359 e. The van der Waals surface area contributed by atoms with Gasteiger partial charge in [0.2, 0.25) is 0 Å². The molecule has 6 heteroatoms. The molecule has 5 nitrogen and oxygen atoms in total. The summed E-state index contributed by atoms with van der Waals surface area (Å²) in [6, 6.07) is 9.53. The number of hydrogen-bond acceptors (Lipinski definition) is 4. The molecular weight excluding hydrogens is 256 g/mol. The summed E-state index contributed by atoms with van der Waals surface area (Å²) in [4.78, 5) is 11.4. The maximum absolute atomic E-state index is 11.4. The van der Waals surface area contributed by atoms with E-state index in [9.17, 15) is 4.79 Å². The number of nitrogens with one attached hydrogen (secondary N) is 1. The van der Waals surface area contributed by atoms with Crippen molar-refractivity contribution < 1.29 is 20.0 Å². The molecule has 1 amide bonds. The zero-order valence-corrected chi connectivity index (χ0v) is 10.4. The minimum atomic E-state index is -0.564. The fourth-order valence-electron chi connectivity index (χ4n) is 1.16. The van der Waals surface area contributed by atoms with Gasteiger partial charge in [-0.15, -0.1) is 0 Å². The summed E-state index contributed by atoms with van der Waals surface area (Å²) in [6.45, 7) is 0.484. The van der Waals surface area contributed by atoms with Gasteiger partial charge in [-0.1, -0.05) is 41.9 Å². The molecule has 1 rings (SSSR count). The Morgan fingerprint density at radius 2 is 2.11 bits per heavy atom. The number of carbonyl (C=O) groups is 1. The Balaban J connectivity index is 2.31. The van der Waals surface area contributed by atoms with Crippen LogP contribution in [-0.4, -0.2) is 24.0 Å². The van der Waals surface area contributed by atoms with Gasteiger partial charge in [-0.2, -0.15) is 0 Å². The lowest BCUT2D eigenvalue weighted by Crippen LogP contribution is -2.88. The first-order chi connectivity index (χ1) is 8.65. The molecule has 0 atom stereocenters. The van der Waals surface area contributed by atoms with Gasteiger partial charge in [-0.05, 0) is 5.56 Å². The topological polar surface area (TPSA) is 87.0 Å². The van der Waals surface area contributed by atoms with Gasteiger partial charge in [0.25, 0.3) is 0 Å². The Labute approximate surface area is 110 Å². The first kappa shape index (κ1) is 14.4. The third-order valence-corrected chi connectivity index (χ3v) is 2.46. The summed E-state index contributed by atoms with van der Waals surface area (Å²) in [5.74, 6) is -1.12. The number of allylic oxidation sites excluding steroid dienone is 1. The van der Waals surface area contributed by atoms with Gasteiger partial charge in [0, 0.05) is 0 Å². The van der Waals surface area contributed by atoms with Gasteiger partial charge >= 0.3 is 5.91 Å². The van der Waals surface area contributed by atoms with Crippen molar-refractivity contribution in [2.24, 2.45) is 0 Å². The average molecular weight is 270 g/mol. The molecule has 0 bridgehead atoms. The van der Waals surface area contributed by atoms with Crippen LogP contribution in [0.1, 0.15) is 5.56 Å². The van der Waals surface area contributed by atoms with Gasteiger partial charge in [0.05, 0.1) is 12.8 Å². The fraction of sp³-hybridized carbons (Fsp3) is 0.167. The molecule has 0 saturated carbocycles. The molecule has 96 valence electrons. The highest BCUT2D eigenvalue weighted by Gasteiger charge is 2.15. The van der Waals surface area contributed by atoms with Crippen molar-refractivity contribution in [1.29, 1.82) is 5.41 Å². The molecule has 0 aliphatic carbocycles.